The molecule has 0 aliphatic carbocycles. The van der Waals surface area contributed by atoms with E-state index in [2.05, 4.69) is 4.98 Å². The molecule has 4 rings (SSSR count). The summed E-state index contributed by atoms with van der Waals surface area (Å²) in [5.74, 6) is 0.951. The van der Waals surface area contributed by atoms with Crippen LogP contribution in [0, 0.1) is 0 Å². The third-order valence-corrected chi connectivity index (χ3v) is 4.73. The molecule has 30 heavy (non-hydrogen) atoms. The summed E-state index contributed by atoms with van der Waals surface area (Å²) in [4.78, 5) is 4.61. The zero-order valence-corrected chi connectivity index (χ0v) is 17.0. The molecule has 0 aliphatic rings. The molecule has 1 heterocycles. The largest absolute Gasteiger partial charge is 0.473 e. The predicted octanol–water partition coefficient (Wildman–Crippen LogP) is 6.14. The first-order valence-electron chi connectivity index (χ1n) is 9.58. The fourth-order valence-electron chi connectivity index (χ4n) is 3.06. The lowest BCUT2D eigenvalue weighted by Gasteiger charge is -2.14. The zero-order chi connectivity index (χ0) is 20.8. The fourth-order valence-corrected chi connectivity index (χ4v) is 3.30. The van der Waals surface area contributed by atoms with Crippen LogP contribution in [0.5, 0.6) is 11.8 Å². The van der Waals surface area contributed by atoms with Gasteiger partial charge in [-0.25, -0.2) is 0 Å². The minimum Gasteiger partial charge on any atom is -0.473 e. The Kier molecular flexibility index (Phi) is 6.16. The molecule has 0 aliphatic heterocycles. The minimum atomic E-state index is 0.388. The van der Waals surface area contributed by atoms with E-state index in [1.165, 1.54) is 0 Å². The van der Waals surface area contributed by atoms with Gasteiger partial charge in [-0.3, -0.25) is 0 Å². The maximum Gasteiger partial charge on any atom is 0.225 e. The molecule has 2 N–H and O–H groups in total. The van der Waals surface area contributed by atoms with E-state index in [0.29, 0.717) is 35.7 Å². The molecular weight excluding hydrogens is 396 g/mol. The van der Waals surface area contributed by atoms with Crippen LogP contribution >= 0.6 is 11.6 Å². The van der Waals surface area contributed by atoms with E-state index in [0.717, 1.165) is 22.3 Å². The van der Waals surface area contributed by atoms with Gasteiger partial charge in [0.15, 0.2) is 0 Å². The van der Waals surface area contributed by atoms with Crippen molar-refractivity contribution < 1.29 is 9.47 Å². The van der Waals surface area contributed by atoms with E-state index < -0.39 is 0 Å². The molecule has 0 atom stereocenters. The first kappa shape index (κ1) is 19.8. The van der Waals surface area contributed by atoms with E-state index in [1.807, 2.05) is 84.9 Å². The standard InChI is InChI=1S/C25H21ClN2O2/c26-21-13-20(14-22(27)15-21)23-11-12-24(29-16-18-7-3-1-4-8-18)28-25(23)30-17-19-9-5-2-6-10-19/h1-15H,16-17,27H2. The number of halogens is 1. The Morgan fingerprint density at radius 3 is 2.00 bits per heavy atom. The number of hydrogen-bond donors (Lipinski definition) is 1. The Morgan fingerprint density at radius 2 is 1.37 bits per heavy atom. The Morgan fingerprint density at radius 1 is 0.733 bits per heavy atom. The van der Waals surface area contributed by atoms with Crippen LogP contribution in [-0.4, -0.2) is 4.98 Å². The Hall–Kier alpha value is -3.50. The molecule has 0 saturated carbocycles. The molecule has 0 saturated heterocycles. The summed E-state index contributed by atoms with van der Waals surface area (Å²) in [5, 5.41) is 0.559. The molecule has 4 nitrogen and oxygen atoms in total. The molecule has 0 fully saturated rings. The maximum atomic E-state index is 6.21. The molecule has 3 aromatic carbocycles. The SMILES string of the molecule is Nc1cc(Cl)cc(-c2ccc(OCc3ccccc3)nc2OCc2ccccc2)c1. The number of nitrogens with two attached hydrogens (primary N) is 1. The first-order chi connectivity index (χ1) is 14.7. The van der Waals surface area contributed by atoms with Crippen LogP contribution in [0.3, 0.4) is 0 Å². The van der Waals surface area contributed by atoms with E-state index in [-0.39, 0.29) is 0 Å². The van der Waals surface area contributed by atoms with Crippen LogP contribution in [-0.2, 0) is 13.2 Å². The average Bonchev–Trinajstić information content (AvgIpc) is 2.77. The van der Waals surface area contributed by atoms with Crippen molar-refractivity contribution in [3.63, 3.8) is 0 Å². The summed E-state index contributed by atoms with van der Waals surface area (Å²) < 4.78 is 12.0. The highest BCUT2D eigenvalue weighted by Crippen LogP contribution is 2.34. The molecule has 150 valence electrons. The molecule has 1 aromatic heterocycles. The number of rotatable bonds is 7. The van der Waals surface area contributed by atoms with Crippen molar-refractivity contribution >= 4 is 17.3 Å². The van der Waals surface area contributed by atoms with Crippen LogP contribution in [0.25, 0.3) is 11.1 Å². The van der Waals surface area contributed by atoms with E-state index in [9.17, 15) is 0 Å². The monoisotopic (exact) mass is 416 g/mol. The van der Waals surface area contributed by atoms with Gasteiger partial charge in [0.05, 0.1) is 0 Å². The highest BCUT2D eigenvalue weighted by atomic mass is 35.5. The van der Waals surface area contributed by atoms with Gasteiger partial charge in [0.25, 0.3) is 0 Å². The maximum absolute atomic E-state index is 6.21. The van der Waals surface area contributed by atoms with Crippen molar-refractivity contribution in [1.82, 2.24) is 4.98 Å². The Bertz CT molecular complexity index is 1100. The number of aromatic nitrogens is 1. The van der Waals surface area contributed by atoms with E-state index >= 15 is 0 Å². The first-order valence-corrected chi connectivity index (χ1v) is 9.96. The second-order valence-corrected chi connectivity index (χ2v) is 7.26. The van der Waals surface area contributed by atoms with Gasteiger partial charge in [0, 0.05) is 22.3 Å². The van der Waals surface area contributed by atoms with Crippen molar-refractivity contribution in [2.75, 3.05) is 5.73 Å². The van der Waals surface area contributed by atoms with Crippen molar-refractivity contribution in [2.24, 2.45) is 0 Å². The zero-order valence-electron chi connectivity index (χ0n) is 16.3. The van der Waals surface area contributed by atoms with Crippen LogP contribution in [0.1, 0.15) is 11.1 Å². The molecule has 0 amide bonds. The third-order valence-electron chi connectivity index (χ3n) is 4.51. The predicted molar refractivity (Wildman–Crippen MR) is 121 cm³/mol. The number of benzene rings is 3. The highest BCUT2D eigenvalue weighted by Gasteiger charge is 2.12. The number of ether oxygens (including phenoxy) is 2. The van der Waals surface area contributed by atoms with Gasteiger partial charge in [-0.2, -0.15) is 4.98 Å². The molecule has 0 spiro atoms. The molecule has 5 heteroatoms. The van der Waals surface area contributed by atoms with Crippen LogP contribution in [0.15, 0.2) is 91.0 Å². The summed E-state index contributed by atoms with van der Waals surface area (Å²) in [7, 11) is 0. The second-order valence-electron chi connectivity index (χ2n) is 6.82. The van der Waals surface area contributed by atoms with Crippen molar-refractivity contribution in [3.05, 3.63) is 107 Å². The van der Waals surface area contributed by atoms with Crippen molar-refractivity contribution in [2.45, 2.75) is 13.2 Å². The lowest BCUT2D eigenvalue weighted by molar-refractivity contribution is 0.268. The van der Waals surface area contributed by atoms with Gasteiger partial charge in [0.1, 0.15) is 13.2 Å². The topological polar surface area (TPSA) is 57.4 Å². The number of anilines is 1. The van der Waals surface area contributed by atoms with Crippen LogP contribution < -0.4 is 15.2 Å². The van der Waals surface area contributed by atoms with Gasteiger partial charge in [-0.1, -0.05) is 72.3 Å². The van der Waals surface area contributed by atoms with Crippen LogP contribution in [0.4, 0.5) is 5.69 Å². The highest BCUT2D eigenvalue weighted by molar-refractivity contribution is 6.31. The van der Waals surface area contributed by atoms with E-state index in [4.69, 9.17) is 26.8 Å². The number of nitrogen functional groups attached to an aromatic ring is 1. The Balaban J connectivity index is 1.62. The van der Waals surface area contributed by atoms with Gasteiger partial charge in [-0.15, -0.1) is 0 Å². The van der Waals surface area contributed by atoms with E-state index in [1.54, 1.807) is 6.07 Å². The number of pyridine rings is 1. The molecular formula is C25H21ClN2O2. The minimum absolute atomic E-state index is 0.388. The number of hydrogen-bond acceptors (Lipinski definition) is 4. The molecule has 0 bridgehead atoms. The molecule has 4 aromatic rings. The van der Waals surface area contributed by atoms with Gasteiger partial charge < -0.3 is 15.2 Å². The fraction of sp³-hybridized carbons (Fsp3) is 0.0800. The lowest BCUT2D eigenvalue weighted by atomic mass is 10.1. The van der Waals surface area contributed by atoms with Gasteiger partial charge >= 0.3 is 0 Å². The summed E-state index contributed by atoms with van der Waals surface area (Å²) in [6, 6.07) is 29.0. The second kappa shape index (κ2) is 9.33. The number of nitrogens with zero attached hydrogens (tertiary/aromatic N) is 1. The van der Waals surface area contributed by atoms with Crippen LogP contribution in [0.2, 0.25) is 5.02 Å². The summed E-state index contributed by atoms with van der Waals surface area (Å²) in [5.41, 5.74) is 10.3. The molecule has 0 radical (unpaired) electrons. The lowest BCUT2D eigenvalue weighted by Crippen LogP contribution is -2.02. The summed E-state index contributed by atoms with van der Waals surface area (Å²) >= 11 is 6.21. The average molecular weight is 417 g/mol. The normalized spacial score (nSPS) is 10.6. The summed E-state index contributed by atoms with van der Waals surface area (Å²) in [6.07, 6.45) is 0. The van der Waals surface area contributed by atoms with Gasteiger partial charge in [-0.05, 0) is 41.0 Å². The Labute approximate surface area is 180 Å². The molecule has 0 unspecified atom stereocenters. The quantitative estimate of drug-likeness (QED) is 0.367. The summed E-state index contributed by atoms with van der Waals surface area (Å²) in [6.45, 7) is 0.814. The van der Waals surface area contributed by atoms with Gasteiger partial charge in [0.2, 0.25) is 11.8 Å². The van der Waals surface area contributed by atoms with Crippen molar-refractivity contribution in [3.8, 4) is 22.9 Å². The third kappa shape index (κ3) is 5.10. The van der Waals surface area contributed by atoms with Crippen molar-refractivity contribution in [1.29, 1.82) is 0 Å². The smallest absolute Gasteiger partial charge is 0.225 e.